The lowest BCUT2D eigenvalue weighted by Gasteiger charge is -2.62. The molecule has 1 saturated heterocycles. The molecule has 8 rings (SSSR count). The number of aromatic hydroxyl groups is 1. The quantitative estimate of drug-likeness (QED) is 0.420. The van der Waals surface area contributed by atoms with Crippen molar-refractivity contribution in [2.75, 3.05) is 13.1 Å². The summed E-state index contributed by atoms with van der Waals surface area (Å²) < 4.78 is 6.64. The van der Waals surface area contributed by atoms with Crippen LogP contribution in [0.2, 0.25) is 0 Å². The molecule has 4 aromatic rings. The molecular weight excluding hydrogens is 436 g/mol. The minimum Gasteiger partial charge on any atom is -0.504 e. The molecule has 3 heterocycles. The number of phenolic OH excluding ortho intramolecular Hbond substituents is 1. The first-order valence-corrected chi connectivity index (χ1v) is 12.7. The molecule has 3 N–H and O–H groups in total. The third-order valence-corrected chi connectivity index (χ3v) is 9.41. The number of benzene rings is 3. The van der Waals surface area contributed by atoms with Crippen LogP contribution in [0.5, 0.6) is 11.5 Å². The van der Waals surface area contributed by atoms with E-state index in [2.05, 4.69) is 64.5 Å². The van der Waals surface area contributed by atoms with Crippen molar-refractivity contribution in [2.45, 2.75) is 48.8 Å². The van der Waals surface area contributed by atoms with Gasteiger partial charge in [0, 0.05) is 35.5 Å². The second kappa shape index (κ2) is 6.68. The number of nitrogens with zero attached hydrogens (tertiary/aromatic N) is 1. The smallest absolute Gasteiger partial charge is 0.166 e. The number of hydrogen-bond donors (Lipinski definition) is 3. The highest BCUT2D eigenvalue weighted by molar-refractivity contribution is 5.86. The van der Waals surface area contributed by atoms with Crippen LogP contribution in [-0.4, -0.2) is 44.8 Å². The van der Waals surface area contributed by atoms with Crippen molar-refractivity contribution in [1.82, 2.24) is 9.88 Å². The van der Waals surface area contributed by atoms with Crippen LogP contribution in [0.25, 0.3) is 10.9 Å². The van der Waals surface area contributed by atoms with E-state index in [0.29, 0.717) is 12.2 Å². The van der Waals surface area contributed by atoms with Crippen molar-refractivity contribution >= 4 is 10.9 Å². The number of fused-ring (bicyclic) bond motifs is 4. The summed E-state index contributed by atoms with van der Waals surface area (Å²) in [6.45, 7) is 1.82. The predicted octanol–water partition coefficient (Wildman–Crippen LogP) is 4.41. The Balaban J connectivity index is 1.31. The molecular formula is C30H28N2O3. The Labute approximate surface area is 204 Å². The molecule has 0 radical (unpaired) electrons. The topological polar surface area (TPSA) is 68.7 Å². The van der Waals surface area contributed by atoms with Gasteiger partial charge in [0.15, 0.2) is 17.6 Å². The molecule has 4 aliphatic rings. The van der Waals surface area contributed by atoms with Crippen molar-refractivity contribution in [1.29, 1.82) is 0 Å². The first-order valence-electron chi connectivity index (χ1n) is 12.7. The lowest BCUT2D eigenvalue weighted by molar-refractivity contribution is -0.172. The predicted molar refractivity (Wildman–Crippen MR) is 134 cm³/mol. The Hall–Kier alpha value is -3.28. The molecule has 0 unspecified atom stereocenters. The van der Waals surface area contributed by atoms with Gasteiger partial charge in [-0.15, -0.1) is 0 Å². The zero-order chi connectivity index (χ0) is 23.4. The minimum absolute atomic E-state index is 0.00383. The van der Waals surface area contributed by atoms with Gasteiger partial charge < -0.3 is 19.9 Å². The van der Waals surface area contributed by atoms with Gasteiger partial charge in [-0.3, -0.25) is 4.90 Å². The summed E-state index contributed by atoms with van der Waals surface area (Å²) in [5, 5.41) is 24.9. The maximum atomic E-state index is 12.9. The number of ether oxygens (including phenoxy) is 1. The number of likely N-dealkylation sites (tertiary alicyclic amines) is 1. The fourth-order valence-electron chi connectivity index (χ4n) is 7.91. The molecule has 3 aromatic carbocycles. The monoisotopic (exact) mass is 464 g/mol. The Morgan fingerprint density at radius 1 is 1.03 bits per heavy atom. The van der Waals surface area contributed by atoms with E-state index in [1.807, 2.05) is 6.07 Å². The highest BCUT2D eigenvalue weighted by atomic mass is 16.5. The van der Waals surface area contributed by atoms with E-state index in [-0.39, 0.29) is 17.9 Å². The van der Waals surface area contributed by atoms with Crippen LogP contribution in [0.4, 0.5) is 0 Å². The molecule has 5 heteroatoms. The SMILES string of the molecule is Oc1ccc2c3c1O[C@H]1c4[nH]c5ccccc5c4C[C@@]4(O)[C@@H](C2)N(CCc2ccccc2)CC[C@]314. The van der Waals surface area contributed by atoms with Crippen LogP contribution < -0.4 is 4.74 Å². The summed E-state index contributed by atoms with van der Waals surface area (Å²) >= 11 is 0. The first-order chi connectivity index (χ1) is 17.1. The van der Waals surface area contributed by atoms with Crippen LogP contribution in [0.3, 0.4) is 0 Å². The summed E-state index contributed by atoms with van der Waals surface area (Å²) in [6.07, 6.45) is 2.80. The number of hydrogen-bond acceptors (Lipinski definition) is 4. The van der Waals surface area contributed by atoms with Crippen molar-refractivity contribution in [3.05, 3.63) is 94.7 Å². The van der Waals surface area contributed by atoms with Gasteiger partial charge in [-0.2, -0.15) is 0 Å². The van der Waals surface area contributed by atoms with E-state index in [1.54, 1.807) is 6.07 Å². The number of H-pyrrole nitrogens is 1. The maximum absolute atomic E-state index is 12.9. The third-order valence-electron chi connectivity index (χ3n) is 9.41. The summed E-state index contributed by atoms with van der Waals surface area (Å²) in [5.74, 6) is 0.756. The summed E-state index contributed by atoms with van der Waals surface area (Å²) in [5.41, 5.74) is 5.36. The number of nitrogens with one attached hydrogen (secondary N) is 1. The molecule has 2 bridgehead atoms. The van der Waals surface area contributed by atoms with E-state index in [0.717, 1.165) is 60.1 Å². The summed E-state index contributed by atoms with van der Waals surface area (Å²) in [4.78, 5) is 6.16. The zero-order valence-electron chi connectivity index (χ0n) is 19.5. The van der Waals surface area contributed by atoms with Gasteiger partial charge in [0.2, 0.25) is 0 Å². The van der Waals surface area contributed by atoms with Gasteiger partial charge in [-0.05, 0) is 54.6 Å². The number of phenols is 1. The second-order valence-corrected chi connectivity index (χ2v) is 10.8. The van der Waals surface area contributed by atoms with E-state index >= 15 is 0 Å². The first kappa shape index (κ1) is 20.0. The van der Waals surface area contributed by atoms with Crippen molar-refractivity contribution in [2.24, 2.45) is 0 Å². The Morgan fingerprint density at radius 3 is 2.74 bits per heavy atom. The van der Waals surface area contributed by atoms with Gasteiger partial charge in [-0.25, -0.2) is 0 Å². The van der Waals surface area contributed by atoms with Crippen molar-refractivity contribution in [3.8, 4) is 11.5 Å². The average molecular weight is 465 g/mol. The fourth-order valence-corrected chi connectivity index (χ4v) is 7.91. The second-order valence-electron chi connectivity index (χ2n) is 10.8. The van der Waals surface area contributed by atoms with E-state index in [9.17, 15) is 10.2 Å². The molecule has 0 saturated carbocycles. The average Bonchev–Trinajstić information content (AvgIpc) is 3.41. The maximum Gasteiger partial charge on any atom is 0.166 e. The van der Waals surface area contributed by atoms with Crippen LogP contribution in [0.15, 0.2) is 66.7 Å². The summed E-state index contributed by atoms with van der Waals surface area (Å²) in [6, 6.07) is 22.8. The molecule has 5 nitrogen and oxygen atoms in total. The largest absolute Gasteiger partial charge is 0.504 e. The lowest BCUT2D eigenvalue weighted by Crippen LogP contribution is -2.74. The Kier molecular flexibility index (Phi) is 3.81. The lowest BCUT2D eigenvalue weighted by atomic mass is 9.49. The Bertz CT molecular complexity index is 1490. The van der Waals surface area contributed by atoms with E-state index in [4.69, 9.17) is 4.74 Å². The van der Waals surface area contributed by atoms with Gasteiger partial charge in [-0.1, -0.05) is 54.6 Å². The van der Waals surface area contributed by atoms with Crippen LogP contribution in [0.1, 0.15) is 40.5 Å². The number of para-hydroxylation sites is 1. The van der Waals surface area contributed by atoms with Crippen LogP contribution in [-0.2, 0) is 24.7 Å². The fraction of sp³-hybridized carbons (Fsp3) is 0.333. The minimum atomic E-state index is -0.976. The van der Waals surface area contributed by atoms with Gasteiger partial charge in [0.25, 0.3) is 0 Å². The van der Waals surface area contributed by atoms with Crippen molar-refractivity contribution in [3.63, 3.8) is 0 Å². The number of aliphatic hydroxyl groups is 1. The molecule has 2 aliphatic heterocycles. The molecule has 1 aromatic heterocycles. The molecule has 4 atom stereocenters. The normalized spacial score (nSPS) is 30.1. The van der Waals surface area contributed by atoms with Crippen LogP contribution >= 0.6 is 0 Å². The van der Waals surface area contributed by atoms with Crippen LogP contribution in [0, 0.1) is 0 Å². The highest BCUT2D eigenvalue weighted by Crippen LogP contribution is 2.68. The van der Waals surface area contributed by atoms with Gasteiger partial charge in [0.1, 0.15) is 0 Å². The summed E-state index contributed by atoms with van der Waals surface area (Å²) in [7, 11) is 0. The van der Waals surface area contributed by atoms with E-state index in [1.165, 1.54) is 11.1 Å². The third kappa shape index (κ3) is 2.36. The molecule has 0 amide bonds. The highest BCUT2D eigenvalue weighted by Gasteiger charge is 2.72. The number of piperidine rings is 1. The van der Waals surface area contributed by atoms with E-state index < -0.39 is 11.0 Å². The number of rotatable bonds is 3. The molecule has 1 fully saturated rings. The van der Waals surface area contributed by atoms with Crippen molar-refractivity contribution < 1.29 is 14.9 Å². The molecule has 2 aliphatic carbocycles. The zero-order valence-corrected chi connectivity index (χ0v) is 19.5. The molecule has 1 spiro atoms. The molecule has 35 heavy (non-hydrogen) atoms. The van der Waals surface area contributed by atoms with Gasteiger partial charge in [0.05, 0.1) is 16.7 Å². The number of aromatic amines is 1. The molecule has 176 valence electrons. The number of aromatic nitrogens is 1. The Morgan fingerprint density at radius 2 is 1.86 bits per heavy atom. The van der Waals surface area contributed by atoms with Gasteiger partial charge >= 0.3 is 0 Å². The standard InChI is InChI=1S/C30H28N2O3/c33-23-11-10-19-16-24-30(34)17-21-20-8-4-5-9-22(20)31-26(21)28-29(30,25(19)27(23)35-28)13-15-32(24)14-12-18-6-2-1-3-7-18/h1-11,24,28,31,33-34H,12-17H2/t24-,28+,29+,30-/m1/s1.